The SMILES string of the molecule is COc1cc(Cl)cc(CNc2ccccc2)c1OC. The van der Waals surface area contributed by atoms with E-state index in [-0.39, 0.29) is 0 Å². The molecule has 2 rings (SSSR count). The van der Waals surface area contributed by atoms with Gasteiger partial charge in [-0.25, -0.2) is 0 Å². The van der Waals surface area contributed by atoms with Gasteiger partial charge in [-0.05, 0) is 18.2 Å². The van der Waals surface area contributed by atoms with Crippen LogP contribution in [0.5, 0.6) is 11.5 Å². The molecule has 0 unspecified atom stereocenters. The van der Waals surface area contributed by atoms with Gasteiger partial charge in [-0.3, -0.25) is 0 Å². The molecule has 0 fully saturated rings. The fourth-order valence-corrected chi connectivity index (χ4v) is 2.12. The molecular weight excluding hydrogens is 262 g/mol. The van der Waals surface area contributed by atoms with Crippen molar-refractivity contribution in [1.82, 2.24) is 0 Å². The van der Waals surface area contributed by atoms with Gasteiger partial charge in [-0.15, -0.1) is 0 Å². The van der Waals surface area contributed by atoms with E-state index in [4.69, 9.17) is 21.1 Å². The maximum Gasteiger partial charge on any atom is 0.165 e. The van der Waals surface area contributed by atoms with Gasteiger partial charge in [-0.1, -0.05) is 29.8 Å². The highest BCUT2D eigenvalue weighted by atomic mass is 35.5. The highest BCUT2D eigenvalue weighted by Gasteiger charge is 2.11. The molecule has 0 bridgehead atoms. The zero-order valence-electron chi connectivity index (χ0n) is 10.9. The van der Waals surface area contributed by atoms with E-state index in [9.17, 15) is 0 Å². The van der Waals surface area contributed by atoms with E-state index in [1.807, 2.05) is 36.4 Å². The van der Waals surface area contributed by atoms with Crippen molar-refractivity contribution in [3.05, 3.63) is 53.1 Å². The van der Waals surface area contributed by atoms with E-state index in [2.05, 4.69) is 5.32 Å². The zero-order valence-corrected chi connectivity index (χ0v) is 11.7. The van der Waals surface area contributed by atoms with Crippen molar-refractivity contribution in [2.75, 3.05) is 19.5 Å². The van der Waals surface area contributed by atoms with Crippen LogP contribution in [0.3, 0.4) is 0 Å². The van der Waals surface area contributed by atoms with Crippen molar-refractivity contribution in [3.8, 4) is 11.5 Å². The van der Waals surface area contributed by atoms with Crippen LogP contribution in [-0.2, 0) is 6.54 Å². The minimum atomic E-state index is 0.615. The average Bonchev–Trinajstić information content (AvgIpc) is 2.45. The first-order chi connectivity index (χ1) is 9.24. The number of para-hydroxylation sites is 1. The lowest BCUT2D eigenvalue weighted by Gasteiger charge is -2.14. The first kappa shape index (κ1) is 13.6. The third kappa shape index (κ3) is 3.32. The van der Waals surface area contributed by atoms with Gasteiger partial charge < -0.3 is 14.8 Å². The highest BCUT2D eigenvalue weighted by Crippen LogP contribution is 2.34. The van der Waals surface area contributed by atoms with Crippen molar-refractivity contribution < 1.29 is 9.47 Å². The summed E-state index contributed by atoms with van der Waals surface area (Å²) in [6.45, 7) is 0.615. The van der Waals surface area contributed by atoms with E-state index in [1.54, 1.807) is 20.3 Å². The number of hydrogen-bond acceptors (Lipinski definition) is 3. The molecule has 3 nitrogen and oxygen atoms in total. The van der Waals surface area contributed by atoms with Crippen LogP contribution in [0.1, 0.15) is 5.56 Å². The molecule has 0 aromatic heterocycles. The van der Waals surface area contributed by atoms with E-state index in [1.165, 1.54) is 0 Å². The zero-order chi connectivity index (χ0) is 13.7. The number of anilines is 1. The summed E-state index contributed by atoms with van der Waals surface area (Å²) in [4.78, 5) is 0. The summed E-state index contributed by atoms with van der Waals surface area (Å²) < 4.78 is 10.7. The van der Waals surface area contributed by atoms with Crippen LogP contribution in [0.4, 0.5) is 5.69 Å². The summed E-state index contributed by atoms with van der Waals surface area (Å²) in [6, 6.07) is 13.6. The van der Waals surface area contributed by atoms with Crippen LogP contribution in [0.25, 0.3) is 0 Å². The molecule has 4 heteroatoms. The summed E-state index contributed by atoms with van der Waals surface area (Å²) >= 11 is 6.08. The topological polar surface area (TPSA) is 30.5 Å². The molecule has 1 N–H and O–H groups in total. The number of rotatable bonds is 5. The lowest BCUT2D eigenvalue weighted by Crippen LogP contribution is -2.03. The number of benzene rings is 2. The molecule has 0 heterocycles. The summed E-state index contributed by atoms with van der Waals surface area (Å²) in [5.41, 5.74) is 2.00. The van der Waals surface area contributed by atoms with E-state index in [0.29, 0.717) is 23.1 Å². The van der Waals surface area contributed by atoms with E-state index in [0.717, 1.165) is 11.3 Å². The van der Waals surface area contributed by atoms with Crippen molar-refractivity contribution in [1.29, 1.82) is 0 Å². The monoisotopic (exact) mass is 277 g/mol. The molecule has 0 aliphatic rings. The smallest absolute Gasteiger partial charge is 0.165 e. The lowest BCUT2D eigenvalue weighted by atomic mass is 10.1. The first-order valence-electron chi connectivity index (χ1n) is 5.94. The second-order valence-corrected chi connectivity index (χ2v) is 4.46. The fourth-order valence-electron chi connectivity index (χ4n) is 1.89. The molecular formula is C15H16ClNO2. The van der Waals surface area contributed by atoms with Crippen LogP contribution in [-0.4, -0.2) is 14.2 Å². The van der Waals surface area contributed by atoms with E-state index < -0.39 is 0 Å². The van der Waals surface area contributed by atoms with Crippen LogP contribution < -0.4 is 14.8 Å². The van der Waals surface area contributed by atoms with Gasteiger partial charge in [0.2, 0.25) is 0 Å². The minimum absolute atomic E-state index is 0.615. The lowest BCUT2D eigenvalue weighted by molar-refractivity contribution is 0.352. The summed E-state index contributed by atoms with van der Waals surface area (Å²) in [6.07, 6.45) is 0. The average molecular weight is 278 g/mol. The Bertz CT molecular complexity index is 543. The van der Waals surface area contributed by atoms with Crippen LogP contribution in [0.2, 0.25) is 5.02 Å². The number of halogens is 1. The van der Waals surface area contributed by atoms with Gasteiger partial charge in [0.1, 0.15) is 0 Å². The van der Waals surface area contributed by atoms with E-state index >= 15 is 0 Å². The summed E-state index contributed by atoms with van der Waals surface area (Å²) in [5.74, 6) is 1.34. The Labute approximate surface area is 118 Å². The predicted molar refractivity (Wildman–Crippen MR) is 78.3 cm³/mol. The van der Waals surface area contributed by atoms with Gasteiger partial charge in [-0.2, -0.15) is 0 Å². The van der Waals surface area contributed by atoms with Gasteiger partial charge in [0.15, 0.2) is 11.5 Å². The number of nitrogens with one attached hydrogen (secondary N) is 1. The second-order valence-electron chi connectivity index (χ2n) is 4.02. The largest absolute Gasteiger partial charge is 0.493 e. The number of hydrogen-bond donors (Lipinski definition) is 1. The van der Waals surface area contributed by atoms with Crippen LogP contribution >= 0.6 is 11.6 Å². The Morgan fingerprint density at radius 1 is 1.05 bits per heavy atom. The Morgan fingerprint density at radius 2 is 1.79 bits per heavy atom. The molecule has 2 aromatic carbocycles. The molecule has 2 aromatic rings. The molecule has 100 valence electrons. The number of ether oxygens (including phenoxy) is 2. The van der Waals surface area contributed by atoms with Gasteiger partial charge in [0, 0.05) is 28.9 Å². The molecule has 0 saturated carbocycles. The van der Waals surface area contributed by atoms with Gasteiger partial charge in [0.05, 0.1) is 14.2 Å². The Balaban J connectivity index is 2.22. The Morgan fingerprint density at radius 3 is 2.42 bits per heavy atom. The third-order valence-electron chi connectivity index (χ3n) is 2.78. The maximum atomic E-state index is 6.08. The minimum Gasteiger partial charge on any atom is -0.493 e. The molecule has 0 aliphatic carbocycles. The second kappa shape index (κ2) is 6.34. The molecule has 0 radical (unpaired) electrons. The highest BCUT2D eigenvalue weighted by molar-refractivity contribution is 6.30. The van der Waals surface area contributed by atoms with Gasteiger partial charge >= 0.3 is 0 Å². The quantitative estimate of drug-likeness (QED) is 0.897. The molecule has 0 aliphatic heterocycles. The Kier molecular flexibility index (Phi) is 4.53. The molecule has 0 spiro atoms. The van der Waals surface area contributed by atoms with Gasteiger partial charge in [0.25, 0.3) is 0 Å². The van der Waals surface area contributed by atoms with Crippen molar-refractivity contribution in [3.63, 3.8) is 0 Å². The summed E-state index contributed by atoms with van der Waals surface area (Å²) in [7, 11) is 3.22. The molecule has 0 amide bonds. The molecule has 0 atom stereocenters. The maximum absolute atomic E-state index is 6.08. The van der Waals surface area contributed by atoms with Crippen LogP contribution in [0, 0.1) is 0 Å². The third-order valence-corrected chi connectivity index (χ3v) is 3.00. The van der Waals surface area contributed by atoms with Crippen molar-refractivity contribution in [2.45, 2.75) is 6.54 Å². The number of methoxy groups -OCH3 is 2. The molecule has 0 saturated heterocycles. The fraction of sp³-hybridized carbons (Fsp3) is 0.200. The normalized spacial score (nSPS) is 10.1. The van der Waals surface area contributed by atoms with Crippen LogP contribution in [0.15, 0.2) is 42.5 Å². The Hall–Kier alpha value is -1.87. The van der Waals surface area contributed by atoms with Crippen molar-refractivity contribution in [2.24, 2.45) is 0 Å². The first-order valence-corrected chi connectivity index (χ1v) is 6.31. The standard InChI is InChI=1S/C15H16ClNO2/c1-18-14-9-12(16)8-11(15(14)19-2)10-17-13-6-4-3-5-7-13/h3-9,17H,10H2,1-2H3. The summed E-state index contributed by atoms with van der Waals surface area (Å²) in [5, 5.41) is 3.95. The predicted octanol–water partition coefficient (Wildman–Crippen LogP) is 3.97. The van der Waals surface area contributed by atoms with Crippen molar-refractivity contribution >= 4 is 17.3 Å². The molecule has 19 heavy (non-hydrogen) atoms.